The zero-order valence-corrected chi connectivity index (χ0v) is 11.9. The molecule has 7 heteroatoms. The lowest BCUT2D eigenvalue weighted by Crippen LogP contribution is -2.54. The fraction of sp³-hybridized carbons (Fsp3) is 0.333. The van der Waals surface area contributed by atoms with Crippen molar-refractivity contribution in [3.8, 4) is 0 Å². The third-order valence-electron chi connectivity index (χ3n) is 3.74. The number of hydrogen-bond acceptors (Lipinski definition) is 4. The number of carbonyl (C=O) groups excluding carboxylic acids is 3. The van der Waals surface area contributed by atoms with Crippen molar-refractivity contribution in [1.29, 1.82) is 0 Å². The average molecular weight is 300 g/mol. The van der Waals surface area contributed by atoms with E-state index >= 15 is 0 Å². The minimum atomic E-state index is -0.664. The first-order valence-corrected chi connectivity index (χ1v) is 7.16. The van der Waals surface area contributed by atoms with Gasteiger partial charge in [0.15, 0.2) is 0 Å². The van der Waals surface area contributed by atoms with Crippen molar-refractivity contribution < 1.29 is 14.4 Å². The quantitative estimate of drug-likeness (QED) is 0.802. The summed E-state index contributed by atoms with van der Waals surface area (Å²) >= 11 is 0. The predicted octanol–water partition coefficient (Wildman–Crippen LogP) is -0.0479. The van der Waals surface area contributed by atoms with Gasteiger partial charge >= 0.3 is 0 Å². The summed E-state index contributed by atoms with van der Waals surface area (Å²) in [5, 5.41) is 6.62. The molecule has 3 amide bonds. The molecule has 2 heterocycles. The Labute approximate surface area is 127 Å². The summed E-state index contributed by atoms with van der Waals surface area (Å²) in [6.07, 6.45) is 0.533. The SMILES string of the molecule is O=C1CCC(C(=O)N2CCNC(=O)C2c2ccccc2)=NN1. The van der Waals surface area contributed by atoms with E-state index in [0.717, 1.165) is 5.56 Å². The largest absolute Gasteiger partial charge is 0.352 e. The van der Waals surface area contributed by atoms with Crippen molar-refractivity contribution in [2.75, 3.05) is 13.1 Å². The molecule has 1 aromatic rings. The molecule has 2 N–H and O–H groups in total. The lowest BCUT2D eigenvalue weighted by atomic mass is 10.0. The van der Waals surface area contributed by atoms with Gasteiger partial charge in [0.2, 0.25) is 11.8 Å². The van der Waals surface area contributed by atoms with E-state index in [1.165, 1.54) is 4.90 Å². The standard InChI is InChI=1S/C15H16N4O3/c20-12-7-6-11(17-18-12)15(22)19-9-8-16-14(21)13(19)10-4-2-1-3-5-10/h1-5,13H,6-9H2,(H,16,21)(H,18,20). The molecular formula is C15H16N4O3. The predicted molar refractivity (Wildman–Crippen MR) is 78.7 cm³/mol. The highest BCUT2D eigenvalue weighted by Crippen LogP contribution is 2.24. The minimum Gasteiger partial charge on any atom is -0.352 e. The lowest BCUT2D eigenvalue weighted by Gasteiger charge is -2.35. The maximum atomic E-state index is 12.7. The van der Waals surface area contributed by atoms with Crippen LogP contribution in [-0.2, 0) is 14.4 Å². The molecule has 0 radical (unpaired) electrons. The van der Waals surface area contributed by atoms with Crippen LogP contribution in [0.3, 0.4) is 0 Å². The second kappa shape index (κ2) is 5.97. The number of nitrogens with zero attached hydrogens (tertiary/aromatic N) is 2. The van der Waals surface area contributed by atoms with Crippen molar-refractivity contribution >= 4 is 23.4 Å². The molecule has 2 aliphatic rings. The molecular weight excluding hydrogens is 284 g/mol. The van der Waals surface area contributed by atoms with Crippen LogP contribution in [0.25, 0.3) is 0 Å². The molecule has 7 nitrogen and oxygen atoms in total. The monoisotopic (exact) mass is 300 g/mol. The normalized spacial score (nSPS) is 21.7. The summed E-state index contributed by atoms with van der Waals surface area (Å²) in [6.45, 7) is 0.824. The summed E-state index contributed by atoms with van der Waals surface area (Å²) in [6, 6.07) is 8.50. The van der Waals surface area contributed by atoms with E-state index in [1.54, 1.807) is 0 Å². The Morgan fingerprint density at radius 3 is 2.64 bits per heavy atom. The van der Waals surface area contributed by atoms with Crippen LogP contribution in [-0.4, -0.2) is 41.4 Å². The van der Waals surface area contributed by atoms with E-state index in [4.69, 9.17) is 0 Å². The van der Waals surface area contributed by atoms with E-state index in [-0.39, 0.29) is 29.9 Å². The van der Waals surface area contributed by atoms with Crippen molar-refractivity contribution in [1.82, 2.24) is 15.6 Å². The van der Waals surface area contributed by atoms with E-state index in [2.05, 4.69) is 15.8 Å². The fourth-order valence-corrected chi connectivity index (χ4v) is 2.65. The number of hydrazone groups is 1. The van der Waals surface area contributed by atoms with Gasteiger partial charge in [-0.2, -0.15) is 5.10 Å². The number of hydrogen-bond donors (Lipinski definition) is 2. The van der Waals surface area contributed by atoms with E-state index in [9.17, 15) is 14.4 Å². The number of rotatable bonds is 2. The van der Waals surface area contributed by atoms with Crippen LogP contribution in [0.15, 0.2) is 35.4 Å². The second-order valence-corrected chi connectivity index (χ2v) is 5.20. The van der Waals surface area contributed by atoms with Crippen molar-refractivity contribution in [2.45, 2.75) is 18.9 Å². The zero-order valence-electron chi connectivity index (χ0n) is 11.9. The second-order valence-electron chi connectivity index (χ2n) is 5.20. The maximum Gasteiger partial charge on any atom is 0.271 e. The highest BCUT2D eigenvalue weighted by Gasteiger charge is 2.36. The van der Waals surface area contributed by atoms with Gasteiger partial charge in [0.25, 0.3) is 5.91 Å². The Morgan fingerprint density at radius 2 is 1.95 bits per heavy atom. The first-order valence-electron chi connectivity index (χ1n) is 7.16. The van der Waals surface area contributed by atoms with Crippen molar-refractivity contribution in [3.63, 3.8) is 0 Å². The molecule has 1 unspecified atom stereocenters. The number of benzene rings is 1. The Kier molecular flexibility index (Phi) is 3.86. The number of amides is 3. The van der Waals surface area contributed by atoms with E-state index in [0.29, 0.717) is 19.5 Å². The fourth-order valence-electron chi connectivity index (χ4n) is 2.65. The van der Waals surface area contributed by atoms with Crippen LogP contribution in [0.5, 0.6) is 0 Å². The third kappa shape index (κ3) is 2.69. The lowest BCUT2D eigenvalue weighted by molar-refractivity contribution is -0.139. The molecule has 0 bridgehead atoms. The molecule has 22 heavy (non-hydrogen) atoms. The molecule has 1 atom stereocenters. The summed E-state index contributed by atoms with van der Waals surface area (Å²) in [7, 11) is 0. The summed E-state index contributed by atoms with van der Waals surface area (Å²) < 4.78 is 0. The zero-order chi connectivity index (χ0) is 15.5. The number of carbonyl (C=O) groups is 3. The minimum absolute atomic E-state index is 0.201. The van der Waals surface area contributed by atoms with Gasteiger partial charge in [0.1, 0.15) is 11.8 Å². The molecule has 1 saturated heterocycles. The number of nitrogens with one attached hydrogen (secondary N) is 2. The topological polar surface area (TPSA) is 90.9 Å². The van der Waals surface area contributed by atoms with Gasteiger partial charge in [0, 0.05) is 25.9 Å². The summed E-state index contributed by atoms with van der Waals surface area (Å²) in [5.74, 6) is -0.706. The molecule has 0 saturated carbocycles. The van der Waals surface area contributed by atoms with Crippen molar-refractivity contribution in [2.24, 2.45) is 5.10 Å². The van der Waals surface area contributed by atoms with Crippen LogP contribution in [0.1, 0.15) is 24.4 Å². The summed E-state index contributed by atoms with van der Waals surface area (Å²) in [5.41, 5.74) is 3.36. The van der Waals surface area contributed by atoms with Crippen LogP contribution in [0.2, 0.25) is 0 Å². The van der Waals surface area contributed by atoms with Gasteiger partial charge in [-0.3, -0.25) is 14.4 Å². The molecule has 0 aromatic heterocycles. The third-order valence-corrected chi connectivity index (χ3v) is 3.74. The molecule has 0 spiro atoms. The van der Waals surface area contributed by atoms with E-state index < -0.39 is 6.04 Å². The smallest absolute Gasteiger partial charge is 0.271 e. The van der Waals surface area contributed by atoms with Crippen LogP contribution < -0.4 is 10.7 Å². The first-order chi connectivity index (χ1) is 10.7. The molecule has 1 aromatic carbocycles. The maximum absolute atomic E-state index is 12.7. The first kappa shape index (κ1) is 14.2. The van der Waals surface area contributed by atoms with Gasteiger partial charge in [-0.1, -0.05) is 30.3 Å². The Morgan fingerprint density at radius 1 is 1.18 bits per heavy atom. The van der Waals surface area contributed by atoms with Gasteiger partial charge < -0.3 is 10.2 Å². The van der Waals surface area contributed by atoms with Crippen LogP contribution >= 0.6 is 0 Å². The number of piperazine rings is 1. The van der Waals surface area contributed by atoms with Crippen LogP contribution in [0.4, 0.5) is 0 Å². The average Bonchev–Trinajstić information content (AvgIpc) is 2.55. The van der Waals surface area contributed by atoms with Crippen molar-refractivity contribution in [3.05, 3.63) is 35.9 Å². The molecule has 1 fully saturated rings. The molecule has 3 rings (SSSR count). The van der Waals surface area contributed by atoms with Gasteiger partial charge in [-0.15, -0.1) is 0 Å². The Balaban J connectivity index is 1.88. The van der Waals surface area contributed by atoms with Gasteiger partial charge in [-0.05, 0) is 5.56 Å². The highest BCUT2D eigenvalue weighted by molar-refractivity contribution is 6.39. The summed E-state index contributed by atoms with van der Waals surface area (Å²) in [4.78, 5) is 37.5. The van der Waals surface area contributed by atoms with E-state index in [1.807, 2.05) is 30.3 Å². The molecule has 114 valence electrons. The van der Waals surface area contributed by atoms with Crippen LogP contribution in [0, 0.1) is 0 Å². The molecule has 0 aliphatic carbocycles. The highest BCUT2D eigenvalue weighted by atomic mass is 16.2. The van der Waals surface area contributed by atoms with Gasteiger partial charge in [-0.25, -0.2) is 5.43 Å². The van der Waals surface area contributed by atoms with Gasteiger partial charge in [0.05, 0.1) is 0 Å². The molecule has 2 aliphatic heterocycles. The Hall–Kier alpha value is -2.70. The Bertz CT molecular complexity index is 641.